The second kappa shape index (κ2) is 21.4. The van der Waals surface area contributed by atoms with E-state index < -0.39 is 28.4 Å². The molecule has 0 bridgehead atoms. The van der Waals surface area contributed by atoms with Crippen LogP contribution in [0.4, 0.5) is 0 Å². The summed E-state index contributed by atoms with van der Waals surface area (Å²) in [4.78, 5) is 18.5. The third kappa shape index (κ3) is 36.1. The zero-order chi connectivity index (χ0) is 16.4. The first-order valence-electron chi connectivity index (χ1n) is 5.77. The van der Waals surface area contributed by atoms with Gasteiger partial charge in [-0.05, 0) is 12.8 Å². The van der Waals surface area contributed by atoms with Crippen LogP contribution in [0.2, 0.25) is 0 Å². The molecule has 0 unspecified atom stereocenters. The Morgan fingerprint density at radius 1 is 1.00 bits per heavy atom. The van der Waals surface area contributed by atoms with Gasteiger partial charge in [-0.3, -0.25) is 9.59 Å². The van der Waals surface area contributed by atoms with Crippen molar-refractivity contribution in [1.29, 1.82) is 0 Å². The van der Waals surface area contributed by atoms with Gasteiger partial charge in [0.2, 0.25) is 0 Å². The van der Waals surface area contributed by atoms with Gasteiger partial charge in [-0.15, -0.1) is 0 Å². The Morgan fingerprint density at radius 2 is 1.25 bits per heavy atom. The zero-order valence-electron chi connectivity index (χ0n) is 11.0. The van der Waals surface area contributed by atoms with Crippen molar-refractivity contribution < 1.29 is 36.3 Å². The number of hydrogen-bond acceptors (Lipinski definition) is 5. The minimum absolute atomic E-state index is 0.278. The first-order valence-corrected chi connectivity index (χ1v) is 11.4. The van der Waals surface area contributed by atoms with E-state index in [1.807, 2.05) is 0 Å². The van der Waals surface area contributed by atoms with Crippen molar-refractivity contribution in [1.82, 2.24) is 0 Å². The van der Waals surface area contributed by atoms with E-state index in [9.17, 15) is 9.59 Å². The monoisotopic (exact) mass is 514 g/mol. The molecule has 0 atom stereocenters. The topological polar surface area (TPSA) is 153 Å². The van der Waals surface area contributed by atoms with Crippen LogP contribution in [-0.4, -0.2) is 41.3 Å². The Labute approximate surface area is 135 Å². The summed E-state index contributed by atoms with van der Waals surface area (Å²) in [5.41, 5.74) is 14.8. The molecule has 8 N–H and O–H groups in total. The van der Waals surface area contributed by atoms with E-state index >= 15 is 0 Å². The van der Waals surface area contributed by atoms with Gasteiger partial charge in [-0.25, -0.2) is 0 Å². The minimum atomic E-state index is -0.968. The molecule has 126 valence electrons. The molecular weight excluding hydrogens is 492 g/mol. The molecule has 0 aliphatic heterocycles. The molecule has 1 aliphatic rings. The van der Waals surface area contributed by atoms with Crippen LogP contribution in [0.15, 0.2) is 0 Å². The fourth-order valence-corrected chi connectivity index (χ4v) is 1.13. The number of halogens is 2. The number of aliphatic carboxylic acids is 2. The molecule has 1 rings (SSSR count). The Morgan fingerprint density at radius 3 is 1.35 bits per heavy atom. The van der Waals surface area contributed by atoms with Crippen LogP contribution in [0.25, 0.3) is 0 Å². The van der Waals surface area contributed by atoms with E-state index in [1.165, 1.54) is 32.1 Å². The molecule has 0 aromatic rings. The second-order valence-electron chi connectivity index (χ2n) is 3.64. The first kappa shape index (κ1) is 25.1. The number of carboxylic acid groups (broad SMARTS) is 2. The van der Waals surface area contributed by atoms with Gasteiger partial charge in [0, 0.05) is 6.04 Å². The number of carbonyl (C=O) groups is 2. The summed E-state index contributed by atoms with van der Waals surface area (Å²) in [6, 6.07) is 0.536. The maximum atomic E-state index is 9.24. The molecule has 20 heavy (non-hydrogen) atoms. The fourth-order valence-electron chi connectivity index (χ4n) is 1.13. The van der Waals surface area contributed by atoms with E-state index in [-0.39, 0.29) is 13.1 Å². The molecule has 1 aliphatic carbocycles. The van der Waals surface area contributed by atoms with Gasteiger partial charge in [0.15, 0.2) is 0 Å². The molecule has 0 radical (unpaired) electrons. The van der Waals surface area contributed by atoms with Crippen LogP contribution < -0.4 is 17.2 Å². The number of rotatable bonds is 2. The van der Waals surface area contributed by atoms with Crippen molar-refractivity contribution >= 4 is 30.8 Å². The van der Waals surface area contributed by atoms with Gasteiger partial charge in [-0.1, -0.05) is 19.3 Å². The summed E-state index contributed by atoms with van der Waals surface area (Å²) in [5, 5.41) is 15.2. The predicted octanol–water partition coefficient (Wildman–Crippen LogP) is 0.714. The van der Waals surface area contributed by atoms with Crippen molar-refractivity contribution in [3.8, 4) is 0 Å². The summed E-state index contributed by atoms with van der Waals surface area (Å²) < 4.78 is 0. The molecule has 7 nitrogen and oxygen atoms in total. The van der Waals surface area contributed by atoms with E-state index in [2.05, 4.69) is 11.5 Å². The van der Waals surface area contributed by atoms with Crippen LogP contribution in [0.5, 0.6) is 0 Å². The quantitative estimate of drug-likeness (QED) is 0.363. The summed E-state index contributed by atoms with van der Waals surface area (Å²) >= 11 is -0.472. The van der Waals surface area contributed by atoms with Crippen LogP contribution in [0.3, 0.4) is 0 Å². The Hall–Kier alpha value is 0.0883. The zero-order valence-corrected chi connectivity index (χ0v) is 14.8. The van der Waals surface area contributed by atoms with Gasteiger partial charge in [-0.2, -0.15) is 0 Å². The molecular formula is C10H23Cl2N3O4Pt. The van der Waals surface area contributed by atoms with Crippen LogP contribution >= 0.6 is 18.8 Å². The van der Waals surface area contributed by atoms with Gasteiger partial charge >= 0.3 is 47.3 Å². The van der Waals surface area contributed by atoms with Crippen molar-refractivity contribution in [2.75, 3.05) is 13.1 Å². The third-order valence-corrected chi connectivity index (χ3v) is 2.00. The van der Waals surface area contributed by atoms with Gasteiger partial charge in [0.25, 0.3) is 0 Å². The van der Waals surface area contributed by atoms with Crippen molar-refractivity contribution in [3.63, 3.8) is 0 Å². The van der Waals surface area contributed by atoms with Crippen molar-refractivity contribution in [2.24, 2.45) is 17.2 Å². The molecule has 0 spiro atoms. The van der Waals surface area contributed by atoms with Crippen LogP contribution in [0, 0.1) is 0 Å². The number of nitrogens with two attached hydrogens (primary N) is 3. The Bertz CT molecular complexity index is 219. The number of hydrogen-bond donors (Lipinski definition) is 5. The van der Waals surface area contributed by atoms with Crippen molar-refractivity contribution in [2.45, 2.75) is 38.1 Å². The summed E-state index contributed by atoms with van der Waals surface area (Å²) in [6.45, 7) is -0.556. The van der Waals surface area contributed by atoms with Crippen LogP contribution in [0.1, 0.15) is 32.1 Å². The standard InChI is InChI=1S/C6H13N.2C2H5NO2.2ClH.Pt/c7-6-4-2-1-3-5-6;2*3-1-2(4)5;;;/h6H,1-5,7H2;2*1,3H2,(H,4,5);2*1H;/q;;;;;+2/p-2. The third-order valence-electron chi connectivity index (χ3n) is 2.00. The Balaban J connectivity index is -0.000000202. The summed E-state index contributed by atoms with van der Waals surface area (Å²) in [7, 11) is 9.75. The average Bonchev–Trinajstić information content (AvgIpc) is 2.41. The average molecular weight is 515 g/mol. The summed E-state index contributed by atoms with van der Waals surface area (Å²) in [6.07, 6.45) is 6.66. The Kier molecular flexibility index (Phi) is 26.8. The molecule has 1 fully saturated rings. The van der Waals surface area contributed by atoms with E-state index in [1.54, 1.807) is 0 Å². The molecule has 0 aromatic carbocycles. The van der Waals surface area contributed by atoms with E-state index in [0.717, 1.165) is 0 Å². The van der Waals surface area contributed by atoms with E-state index in [0.29, 0.717) is 6.04 Å². The number of carboxylic acids is 2. The molecule has 10 heteroatoms. The molecule has 0 amide bonds. The van der Waals surface area contributed by atoms with Gasteiger partial charge in [0.05, 0.1) is 13.1 Å². The molecule has 0 saturated heterocycles. The SMILES string of the molecule is NC1CCCCC1.NCC(=O)O.NCC(=O)O.[Cl][Pt][Cl]. The van der Waals surface area contributed by atoms with Gasteiger partial charge < -0.3 is 27.4 Å². The van der Waals surface area contributed by atoms with Gasteiger partial charge in [0.1, 0.15) is 0 Å². The van der Waals surface area contributed by atoms with E-state index in [4.69, 9.17) is 34.8 Å². The normalized spacial score (nSPS) is 13.7. The summed E-state index contributed by atoms with van der Waals surface area (Å²) in [5.74, 6) is -1.94. The predicted molar refractivity (Wildman–Crippen MR) is 76.1 cm³/mol. The first-order chi connectivity index (χ1) is 9.35. The molecule has 0 aromatic heterocycles. The fraction of sp³-hybridized carbons (Fsp3) is 0.800. The second-order valence-corrected chi connectivity index (χ2v) is 6.92. The molecule has 0 heterocycles. The molecule has 1 saturated carbocycles. The van der Waals surface area contributed by atoms with Crippen LogP contribution in [-0.2, 0) is 26.1 Å². The van der Waals surface area contributed by atoms with Crippen molar-refractivity contribution in [3.05, 3.63) is 0 Å². The maximum absolute atomic E-state index is 9.24.